The monoisotopic (exact) mass is 300 g/mol. The molecule has 0 amide bonds. The number of ketones is 1. The summed E-state index contributed by atoms with van der Waals surface area (Å²) in [5.41, 5.74) is 3.04. The molecule has 22 heavy (non-hydrogen) atoms. The van der Waals surface area contributed by atoms with Gasteiger partial charge in [-0.15, -0.1) is 0 Å². The van der Waals surface area contributed by atoms with E-state index in [0.717, 1.165) is 50.0 Å². The minimum absolute atomic E-state index is 0.411. The van der Waals surface area contributed by atoms with Crippen molar-refractivity contribution in [2.75, 3.05) is 18.5 Å². The number of hydrogen-bond acceptors (Lipinski definition) is 4. The summed E-state index contributed by atoms with van der Waals surface area (Å²) in [7, 11) is 2.06. The maximum Gasteiger partial charge on any atom is 0.161 e. The van der Waals surface area contributed by atoms with Crippen molar-refractivity contribution in [1.29, 1.82) is 0 Å². The number of carbonyl (C=O) groups is 2. The summed E-state index contributed by atoms with van der Waals surface area (Å²) >= 11 is 0. The highest BCUT2D eigenvalue weighted by Gasteiger charge is 2.19. The fourth-order valence-corrected chi connectivity index (χ4v) is 2.94. The van der Waals surface area contributed by atoms with Crippen molar-refractivity contribution >= 4 is 29.7 Å². The average molecular weight is 300 g/mol. The second-order valence-electron chi connectivity index (χ2n) is 6.10. The third-order valence-electron chi connectivity index (χ3n) is 4.35. The lowest BCUT2D eigenvalue weighted by Crippen LogP contribution is -2.23. The SMILES string of the molecule is Cc1ccc(N=CC=O)c(N(C)CCC2CCC(=O)CC2)c1. The van der Waals surface area contributed by atoms with Crippen LogP contribution < -0.4 is 4.90 Å². The Labute approximate surface area is 132 Å². The van der Waals surface area contributed by atoms with E-state index in [1.165, 1.54) is 11.8 Å². The zero-order chi connectivity index (χ0) is 15.9. The second-order valence-corrected chi connectivity index (χ2v) is 6.10. The summed E-state index contributed by atoms with van der Waals surface area (Å²) in [5, 5.41) is 0. The van der Waals surface area contributed by atoms with Crippen molar-refractivity contribution in [3.8, 4) is 0 Å². The zero-order valence-corrected chi connectivity index (χ0v) is 13.4. The molecule has 2 rings (SSSR count). The van der Waals surface area contributed by atoms with E-state index in [4.69, 9.17) is 0 Å². The molecule has 1 saturated carbocycles. The summed E-state index contributed by atoms with van der Waals surface area (Å²) in [6.07, 6.45) is 6.61. The molecule has 1 aliphatic carbocycles. The van der Waals surface area contributed by atoms with E-state index in [1.54, 1.807) is 0 Å². The highest BCUT2D eigenvalue weighted by molar-refractivity contribution is 6.14. The number of nitrogens with zero attached hydrogens (tertiary/aromatic N) is 2. The molecule has 0 atom stereocenters. The molecule has 4 nitrogen and oxygen atoms in total. The van der Waals surface area contributed by atoms with Gasteiger partial charge in [-0.2, -0.15) is 0 Å². The summed E-state index contributed by atoms with van der Waals surface area (Å²) in [5.74, 6) is 1.06. The third-order valence-corrected chi connectivity index (χ3v) is 4.35. The van der Waals surface area contributed by atoms with Gasteiger partial charge in [-0.25, -0.2) is 0 Å². The van der Waals surface area contributed by atoms with Gasteiger partial charge in [0.05, 0.1) is 17.6 Å². The lowest BCUT2D eigenvalue weighted by molar-refractivity contribution is -0.121. The van der Waals surface area contributed by atoms with E-state index in [1.807, 2.05) is 12.1 Å². The number of carbonyl (C=O) groups excluding carboxylic acids is 2. The lowest BCUT2D eigenvalue weighted by Gasteiger charge is -2.26. The Kier molecular flexibility index (Phi) is 5.87. The molecule has 4 heteroatoms. The Morgan fingerprint density at radius 3 is 2.73 bits per heavy atom. The first kappa shape index (κ1) is 16.4. The van der Waals surface area contributed by atoms with Gasteiger partial charge < -0.3 is 4.90 Å². The van der Waals surface area contributed by atoms with Gasteiger partial charge in [0.25, 0.3) is 0 Å². The molecule has 0 bridgehead atoms. The van der Waals surface area contributed by atoms with E-state index in [2.05, 4.69) is 29.9 Å². The first-order valence-electron chi connectivity index (χ1n) is 7.91. The molecule has 0 spiro atoms. The van der Waals surface area contributed by atoms with Crippen molar-refractivity contribution < 1.29 is 9.59 Å². The van der Waals surface area contributed by atoms with Crippen molar-refractivity contribution in [1.82, 2.24) is 0 Å². The molecule has 1 aliphatic rings. The number of benzene rings is 1. The number of aliphatic imine (C=N–C) groups is 1. The van der Waals surface area contributed by atoms with Gasteiger partial charge in [0.1, 0.15) is 5.78 Å². The fraction of sp³-hybridized carbons (Fsp3) is 0.500. The molecule has 1 aromatic rings. The van der Waals surface area contributed by atoms with Crippen LogP contribution in [-0.2, 0) is 9.59 Å². The maximum atomic E-state index is 11.3. The molecule has 0 N–H and O–H groups in total. The Balaban J connectivity index is 2.00. The molecule has 0 unspecified atom stereocenters. The van der Waals surface area contributed by atoms with Crippen LogP contribution in [-0.4, -0.2) is 31.9 Å². The maximum absolute atomic E-state index is 11.3. The molecule has 0 radical (unpaired) electrons. The number of anilines is 1. The molecule has 0 saturated heterocycles. The molecule has 0 heterocycles. The van der Waals surface area contributed by atoms with E-state index in [0.29, 0.717) is 18.0 Å². The smallest absolute Gasteiger partial charge is 0.161 e. The summed E-state index contributed by atoms with van der Waals surface area (Å²) in [6.45, 7) is 2.99. The first-order chi connectivity index (χ1) is 10.6. The van der Waals surface area contributed by atoms with Gasteiger partial charge >= 0.3 is 0 Å². The Morgan fingerprint density at radius 2 is 2.05 bits per heavy atom. The topological polar surface area (TPSA) is 49.7 Å². The average Bonchev–Trinajstić information content (AvgIpc) is 2.53. The fourth-order valence-electron chi connectivity index (χ4n) is 2.94. The van der Waals surface area contributed by atoms with E-state index in [9.17, 15) is 9.59 Å². The van der Waals surface area contributed by atoms with Crippen LogP contribution in [0.25, 0.3) is 0 Å². The minimum Gasteiger partial charge on any atom is -0.373 e. The Morgan fingerprint density at radius 1 is 1.32 bits per heavy atom. The van der Waals surface area contributed by atoms with E-state index < -0.39 is 0 Å². The standard InChI is InChI=1S/C18H24N2O2/c1-14-3-8-17(19-10-12-21)18(13-14)20(2)11-9-15-4-6-16(22)7-5-15/h3,8,10,12-13,15H,4-7,9,11H2,1-2H3. The van der Waals surface area contributed by atoms with Crippen molar-refractivity contribution in [3.63, 3.8) is 0 Å². The van der Waals surface area contributed by atoms with Crippen molar-refractivity contribution in [2.45, 2.75) is 39.0 Å². The van der Waals surface area contributed by atoms with Gasteiger partial charge in [-0.1, -0.05) is 6.07 Å². The van der Waals surface area contributed by atoms with Crippen LogP contribution in [0.3, 0.4) is 0 Å². The molecule has 1 aromatic carbocycles. The number of Topliss-reactive ketones (excluding diaryl/α,β-unsaturated/α-hetero) is 1. The van der Waals surface area contributed by atoms with Crippen LogP contribution in [0.2, 0.25) is 0 Å². The normalized spacial score (nSPS) is 16.2. The Bertz CT molecular complexity index is 556. The van der Waals surface area contributed by atoms with E-state index in [-0.39, 0.29) is 0 Å². The highest BCUT2D eigenvalue weighted by atomic mass is 16.1. The van der Waals surface area contributed by atoms with Crippen LogP contribution in [0.5, 0.6) is 0 Å². The summed E-state index contributed by atoms with van der Waals surface area (Å²) in [4.78, 5) is 28.2. The van der Waals surface area contributed by atoms with Gasteiger partial charge in [0.2, 0.25) is 0 Å². The molecule has 1 fully saturated rings. The third kappa shape index (κ3) is 4.52. The molecule has 0 aromatic heterocycles. The van der Waals surface area contributed by atoms with Gasteiger partial charge in [-0.3, -0.25) is 14.6 Å². The highest BCUT2D eigenvalue weighted by Crippen LogP contribution is 2.30. The van der Waals surface area contributed by atoms with E-state index >= 15 is 0 Å². The number of aryl methyl sites for hydroxylation is 1. The first-order valence-corrected chi connectivity index (χ1v) is 7.91. The minimum atomic E-state index is 0.411. The summed E-state index contributed by atoms with van der Waals surface area (Å²) < 4.78 is 0. The number of hydrogen-bond donors (Lipinski definition) is 0. The van der Waals surface area contributed by atoms with Crippen LogP contribution >= 0.6 is 0 Å². The molecule has 0 aliphatic heterocycles. The van der Waals surface area contributed by atoms with Gasteiger partial charge in [-0.05, 0) is 49.8 Å². The van der Waals surface area contributed by atoms with Crippen LogP contribution in [0, 0.1) is 12.8 Å². The van der Waals surface area contributed by atoms with Crippen LogP contribution in [0.4, 0.5) is 11.4 Å². The number of rotatable bonds is 6. The van der Waals surface area contributed by atoms with Crippen LogP contribution in [0.1, 0.15) is 37.7 Å². The number of aldehydes is 1. The summed E-state index contributed by atoms with van der Waals surface area (Å²) in [6, 6.07) is 6.05. The predicted octanol–water partition coefficient (Wildman–Crippen LogP) is 3.48. The largest absolute Gasteiger partial charge is 0.373 e. The van der Waals surface area contributed by atoms with Crippen molar-refractivity contribution in [2.24, 2.45) is 10.9 Å². The zero-order valence-electron chi connectivity index (χ0n) is 13.4. The van der Waals surface area contributed by atoms with Crippen LogP contribution in [0.15, 0.2) is 23.2 Å². The molecule has 118 valence electrons. The molecular formula is C18H24N2O2. The van der Waals surface area contributed by atoms with Gasteiger partial charge in [0, 0.05) is 26.4 Å². The predicted molar refractivity (Wildman–Crippen MR) is 90.2 cm³/mol. The second kappa shape index (κ2) is 7.87. The van der Waals surface area contributed by atoms with Gasteiger partial charge in [0.15, 0.2) is 6.29 Å². The Hall–Kier alpha value is -1.97. The quantitative estimate of drug-likeness (QED) is 0.597. The lowest BCUT2D eigenvalue weighted by atomic mass is 9.86. The molecular weight excluding hydrogens is 276 g/mol. The van der Waals surface area contributed by atoms with Crippen molar-refractivity contribution in [3.05, 3.63) is 23.8 Å².